The van der Waals surface area contributed by atoms with Crippen LogP contribution in [0.25, 0.3) is 10.8 Å². The summed E-state index contributed by atoms with van der Waals surface area (Å²) in [5.41, 5.74) is 5.23. The minimum atomic E-state index is -0.456. The zero-order chi connectivity index (χ0) is 25.4. The van der Waals surface area contributed by atoms with Crippen molar-refractivity contribution < 1.29 is 9.53 Å². The van der Waals surface area contributed by atoms with E-state index < -0.39 is 5.91 Å². The molecule has 0 unspecified atom stereocenters. The number of amides is 1. The van der Waals surface area contributed by atoms with Crippen molar-refractivity contribution in [1.82, 2.24) is 20.1 Å². The Kier molecular flexibility index (Phi) is 9.14. The van der Waals surface area contributed by atoms with Gasteiger partial charge in [0.1, 0.15) is 5.75 Å². The highest BCUT2D eigenvalue weighted by atomic mass is 16.5. The van der Waals surface area contributed by atoms with Crippen LogP contribution in [0.5, 0.6) is 5.75 Å². The first kappa shape index (κ1) is 26.1. The van der Waals surface area contributed by atoms with Crippen LogP contribution in [0.4, 0.5) is 0 Å². The number of hydrazone groups is 1. The number of hydrogen-bond acceptors (Lipinski definition) is 6. The van der Waals surface area contributed by atoms with Crippen molar-refractivity contribution in [3.63, 3.8) is 0 Å². The van der Waals surface area contributed by atoms with E-state index in [1.54, 1.807) is 31.4 Å². The quantitative estimate of drug-likeness (QED) is 0.330. The summed E-state index contributed by atoms with van der Waals surface area (Å²) in [6, 6.07) is 12.9. The van der Waals surface area contributed by atoms with Crippen LogP contribution < -0.4 is 15.7 Å². The first-order chi connectivity index (χ1) is 16.9. The molecule has 1 N–H and O–H groups in total. The Bertz CT molecular complexity index is 1260. The van der Waals surface area contributed by atoms with Gasteiger partial charge in [-0.25, -0.2) is 10.1 Å². The Hall–Kier alpha value is -3.52. The Morgan fingerprint density at radius 2 is 1.83 bits per heavy atom. The molecule has 3 rings (SSSR count). The van der Waals surface area contributed by atoms with Gasteiger partial charge in [-0.15, -0.1) is 0 Å². The van der Waals surface area contributed by atoms with Gasteiger partial charge in [-0.1, -0.05) is 45.4 Å². The fraction of sp³-hybridized carbons (Fsp3) is 0.407. The topological polar surface area (TPSA) is 88.8 Å². The number of aromatic nitrogens is 2. The van der Waals surface area contributed by atoms with Gasteiger partial charge in [0.15, 0.2) is 5.69 Å². The van der Waals surface area contributed by atoms with Gasteiger partial charge in [0.05, 0.1) is 18.2 Å². The molecule has 35 heavy (non-hydrogen) atoms. The zero-order valence-corrected chi connectivity index (χ0v) is 21.3. The van der Waals surface area contributed by atoms with E-state index in [0.717, 1.165) is 49.4 Å². The number of aryl methyl sites for hydroxylation is 1. The van der Waals surface area contributed by atoms with Gasteiger partial charge < -0.3 is 4.74 Å². The van der Waals surface area contributed by atoms with Crippen LogP contribution in [0, 0.1) is 0 Å². The molecular formula is C27H35N5O3. The monoisotopic (exact) mass is 477 g/mol. The number of fused-ring (bicyclic) bond motifs is 1. The van der Waals surface area contributed by atoms with Crippen LogP contribution in [0.1, 0.15) is 62.2 Å². The molecule has 0 bridgehead atoms. The van der Waals surface area contributed by atoms with Gasteiger partial charge in [-0.3, -0.25) is 14.5 Å². The summed E-state index contributed by atoms with van der Waals surface area (Å²) < 4.78 is 6.92. The summed E-state index contributed by atoms with van der Waals surface area (Å²) in [7, 11) is 1.67. The number of nitrogens with zero attached hydrogens (tertiary/aromatic N) is 4. The number of carbonyl (C=O) groups is 1. The molecule has 1 amide bonds. The third-order valence-electron chi connectivity index (χ3n) is 6.12. The molecule has 3 aromatic rings. The Labute approximate surface area is 206 Å². The molecule has 186 valence electrons. The molecule has 1 heterocycles. The summed E-state index contributed by atoms with van der Waals surface area (Å²) in [5, 5.41) is 9.71. The second kappa shape index (κ2) is 12.3. The third-order valence-corrected chi connectivity index (χ3v) is 6.12. The molecule has 0 aliphatic rings. The molecular weight excluding hydrogens is 442 g/mol. The van der Waals surface area contributed by atoms with Crippen LogP contribution in [-0.4, -0.2) is 46.5 Å². The van der Waals surface area contributed by atoms with Gasteiger partial charge >= 0.3 is 0 Å². The molecule has 2 aromatic carbocycles. The van der Waals surface area contributed by atoms with E-state index in [9.17, 15) is 9.59 Å². The first-order valence-corrected chi connectivity index (χ1v) is 12.2. The van der Waals surface area contributed by atoms with Crippen molar-refractivity contribution in [3.05, 3.63) is 69.6 Å². The number of methoxy groups -OCH3 is 1. The van der Waals surface area contributed by atoms with Gasteiger partial charge in [-0.05, 0) is 56.3 Å². The number of unbranched alkanes of at least 4 members (excludes halogenated alkanes) is 1. The zero-order valence-electron chi connectivity index (χ0n) is 21.3. The van der Waals surface area contributed by atoms with E-state index in [4.69, 9.17) is 4.74 Å². The van der Waals surface area contributed by atoms with Gasteiger partial charge in [0.25, 0.3) is 11.5 Å². The molecule has 8 nitrogen and oxygen atoms in total. The number of ether oxygens (including phenoxy) is 1. The SMILES string of the molecule is CCCCn1nc(C(=O)N/N=C(\C)c2ccc(OC)c(CN(CC)CC)c2)c2ccccc2c1=O. The van der Waals surface area contributed by atoms with Crippen LogP contribution in [0.15, 0.2) is 52.4 Å². The van der Waals surface area contributed by atoms with E-state index >= 15 is 0 Å². The number of carbonyl (C=O) groups excluding carboxylic acids is 1. The lowest BCUT2D eigenvalue weighted by atomic mass is 10.1. The van der Waals surface area contributed by atoms with E-state index in [-0.39, 0.29) is 11.3 Å². The standard InChI is InChI=1S/C27H35N5O3/c1-6-9-16-32-27(34)23-13-11-10-12-22(23)25(30-32)26(33)29-28-19(4)20-14-15-24(35-5)21(17-20)18-31(7-2)8-3/h10-15,17H,6-9,16,18H2,1-5H3,(H,29,33)/b28-19+. The Morgan fingerprint density at radius 3 is 2.49 bits per heavy atom. The molecule has 0 atom stereocenters. The average Bonchev–Trinajstić information content (AvgIpc) is 2.89. The number of benzene rings is 2. The van der Waals surface area contributed by atoms with Crippen molar-refractivity contribution in [2.75, 3.05) is 20.2 Å². The fourth-order valence-electron chi connectivity index (χ4n) is 3.93. The molecule has 0 spiro atoms. The first-order valence-electron chi connectivity index (χ1n) is 12.2. The highest BCUT2D eigenvalue weighted by Gasteiger charge is 2.17. The number of nitrogens with one attached hydrogen (secondary N) is 1. The van der Waals surface area contributed by atoms with Crippen molar-refractivity contribution in [1.29, 1.82) is 0 Å². The van der Waals surface area contributed by atoms with Crippen molar-refractivity contribution >= 4 is 22.4 Å². The predicted molar refractivity (Wildman–Crippen MR) is 140 cm³/mol. The lowest BCUT2D eigenvalue weighted by molar-refractivity contribution is 0.0949. The second-order valence-electron chi connectivity index (χ2n) is 8.40. The van der Waals surface area contributed by atoms with Crippen molar-refractivity contribution in [2.24, 2.45) is 5.10 Å². The van der Waals surface area contributed by atoms with E-state index in [2.05, 4.69) is 34.4 Å². The minimum absolute atomic E-state index is 0.185. The number of hydrogen-bond donors (Lipinski definition) is 1. The lowest BCUT2D eigenvalue weighted by Gasteiger charge is -2.20. The largest absolute Gasteiger partial charge is 0.496 e. The van der Waals surface area contributed by atoms with Crippen molar-refractivity contribution in [2.45, 2.75) is 53.6 Å². The summed E-state index contributed by atoms with van der Waals surface area (Å²) >= 11 is 0. The molecule has 0 radical (unpaired) electrons. The second-order valence-corrected chi connectivity index (χ2v) is 8.40. The molecule has 0 aliphatic heterocycles. The summed E-state index contributed by atoms with van der Waals surface area (Å²) in [4.78, 5) is 28.2. The molecule has 0 fully saturated rings. The predicted octanol–water partition coefficient (Wildman–Crippen LogP) is 4.20. The summed E-state index contributed by atoms with van der Waals surface area (Å²) in [5.74, 6) is 0.366. The average molecular weight is 478 g/mol. The highest BCUT2D eigenvalue weighted by Crippen LogP contribution is 2.22. The smallest absolute Gasteiger partial charge is 0.292 e. The number of rotatable bonds is 11. The maximum atomic E-state index is 13.1. The van der Waals surface area contributed by atoms with E-state index in [1.165, 1.54) is 4.68 Å². The molecule has 0 saturated carbocycles. The summed E-state index contributed by atoms with van der Waals surface area (Å²) in [6.45, 7) is 11.3. The normalized spacial score (nSPS) is 11.8. The molecule has 0 aliphatic carbocycles. The molecule has 8 heteroatoms. The van der Waals surface area contributed by atoms with E-state index in [1.807, 2.05) is 32.0 Å². The van der Waals surface area contributed by atoms with E-state index in [0.29, 0.717) is 23.0 Å². The van der Waals surface area contributed by atoms with Gasteiger partial charge in [-0.2, -0.15) is 10.2 Å². The van der Waals surface area contributed by atoms with Gasteiger partial charge in [0, 0.05) is 24.0 Å². The van der Waals surface area contributed by atoms with Crippen LogP contribution in [0.3, 0.4) is 0 Å². The van der Waals surface area contributed by atoms with Gasteiger partial charge in [0.2, 0.25) is 0 Å². The highest BCUT2D eigenvalue weighted by molar-refractivity contribution is 6.06. The maximum absolute atomic E-state index is 13.1. The van der Waals surface area contributed by atoms with Crippen LogP contribution >= 0.6 is 0 Å². The maximum Gasteiger partial charge on any atom is 0.292 e. The third kappa shape index (κ3) is 6.14. The fourth-order valence-corrected chi connectivity index (χ4v) is 3.93. The van der Waals surface area contributed by atoms with Crippen LogP contribution in [-0.2, 0) is 13.1 Å². The summed E-state index contributed by atoms with van der Waals surface area (Å²) in [6.07, 6.45) is 1.72. The molecule has 1 aromatic heterocycles. The minimum Gasteiger partial charge on any atom is -0.496 e. The van der Waals surface area contributed by atoms with Crippen molar-refractivity contribution in [3.8, 4) is 5.75 Å². The molecule has 0 saturated heterocycles. The Balaban J connectivity index is 1.90. The van der Waals surface area contributed by atoms with Crippen LogP contribution in [0.2, 0.25) is 0 Å². The Morgan fingerprint density at radius 1 is 1.11 bits per heavy atom. The lowest BCUT2D eigenvalue weighted by Crippen LogP contribution is -2.29.